The molecule has 82 valence electrons. The molecule has 0 aromatic heterocycles. The number of nitrogens with two attached hydrogens (primary N) is 1. The van der Waals surface area contributed by atoms with Crippen LogP contribution in [0.15, 0.2) is 0 Å². The summed E-state index contributed by atoms with van der Waals surface area (Å²) in [5.41, 5.74) is 4.74. The quantitative estimate of drug-likeness (QED) is 0.635. The number of aliphatic hydroxyl groups is 1. The summed E-state index contributed by atoms with van der Waals surface area (Å²) in [6, 6.07) is 0. The van der Waals surface area contributed by atoms with E-state index in [1.54, 1.807) is 0 Å². The van der Waals surface area contributed by atoms with E-state index in [0.717, 1.165) is 0 Å². The van der Waals surface area contributed by atoms with E-state index in [4.69, 9.17) is 15.6 Å². The van der Waals surface area contributed by atoms with Gasteiger partial charge < -0.3 is 15.6 Å². The first-order valence-corrected chi connectivity index (χ1v) is 4.88. The molecule has 0 bridgehead atoms. The van der Waals surface area contributed by atoms with Crippen LogP contribution in [0.1, 0.15) is 33.6 Å². The monoisotopic (exact) mass is 201 g/mol. The third kappa shape index (κ3) is 2.69. The number of ether oxygens (including phenoxy) is 1. The summed E-state index contributed by atoms with van der Waals surface area (Å²) in [5, 5.41) is 8.90. The lowest BCUT2D eigenvalue weighted by atomic mass is 9.69. The summed E-state index contributed by atoms with van der Waals surface area (Å²) in [6.45, 7) is 5.45. The predicted octanol–water partition coefficient (Wildman–Crippen LogP) is 0.428. The van der Waals surface area contributed by atoms with Crippen molar-refractivity contribution in [2.45, 2.75) is 44.8 Å². The first kappa shape index (κ1) is 11.5. The maximum Gasteiger partial charge on any atom is 0.309 e. The molecular formula is C10H19NO3. The summed E-state index contributed by atoms with van der Waals surface area (Å²) < 4.78 is 5.20. The third-order valence-electron chi connectivity index (χ3n) is 2.36. The molecule has 0 aliphatic heterocycles. The fraction of sp³-hybridized carbons (Fsp3) is 0.900. The van der Waals surface area contributed by atoms with Crippen molar-refractivity contribution in [3.63, 3.8) is 0 Å². The van der Waals surface area contributed by atoms with Crippen LogP contribution >= 0.6 is 0 Å². The zero-order valence-electron chi connectivity index (χ0n) is 9.04. The smallest absolute Gasteiger partial charge is 0.309 e. The minimum Gasteiger partial charge on any atom is -0.460 e. The lowest BCUT2D eigenvalue weighted by Gasteiger charge is -2.42. The summed E-state index contributed by atoms with van der Waals surface area (Å²) >= 11 is 0. The van der Waals surface area contributed by atoms with E-state index >= 15 is 0 Å². The Balaban J connectivity index is 2.37. The van der Waals surface area contributed by atoms with Gasteiger partial charge >= 0.3 is 5.97 Å². The maximum atomic E-state index is 11.5. The lowest BCUT2D eigenvalue weighted by molar-refractivity contribution is -0.166. The molecule has 0 amide bonds. The van der Waals surface area contributed by atoms with Gasteiger partial charge in [0.1, 0.15) is 5.60 Å². The van der Waals surface area contributed by atoms with E-state index in [1.807, 2.05) is 20.8 Å². The van der Waals surface area contributed by atoms with Crippen LogP contribution < -0.4 is 5.73 Å². The van der Waals surface area contributed by atoms with E-state index in [2.05, 4.69) is 0 Å². The molecule has 1 saturated carbocycles. The highest BCUT2D eigenvalue weighted by Crippen LogP contribution is 2.36. The summed E-state index contributed by atoms with van der Waals surface area (Å²) in [4.78, 5) is 11.5. The summed E-state index contributed by atoms with van der Waals surface area (Å²) in [6.07, 6.45) is 1.05. The van der Waals surface area contributed by atoms with Crippen molar-refractivity contribution in [3.05, 3.63) is 0 Å². The minimum atomic E-state index is -0.554. The van der Waals surface area contributed by atoms with Gasteiger partial charge in [0.25, 0.3) is 0 Å². The zero-order chi connectivity index (χ0) is 11.0. The molecule has 14 heavy (non-hydrogen) atoms. The molecule has 0 aromatic carbocycles. The Kier molecular flexibility index (Phi) is 2.88. The van der Waals surface area contributed by atoms with Gasteiger partial charge in [-0.25, -0.2) is 0 Å². The van der Waals surface area contributed by atoms with E-state index in [0.29, 0.717) is 12.8 Å². The standard InChI is InChI=1S/C10H19NO3/c1-9(2,3)14-8(13)7-4-10(11,5-7)6-12/h7,12H,4-6,11H2,1-3H3/t7-,10+. The molecular weight excluding hydrogens is 182 g/mol. The number of esters is 1. The van der Waals surface area contributed by atoms with Gasteiger partial charge in [0.05, 0.1) is 12.5 Å². The number of carbonyl (C=O) groups excluding carboxylic acids is 1. The number of hydrogen-bond donors (Lipinski definition) is 2. The van der Waals surface area contributed by atoms with Crippen LogP contribution in [0.4, 0.5) is 0 Å². The van der Waals surface area contributed by atoms with Crippen molar-refractivity contribution in [2.75, 3.05) is 6.61 Å². The Bertz CT molecular complexity index is 226. The Hall–Kier alpha value is -0.610. The van der Waals surface area contributed by atoms with Crippen molar-refractivity contribution in [3.8, 4) is 0 Å². The molecule has 0 radical (unpaired) electrons. The van der Waals surface area contributed by atoms with Gasteiger partial charge in [0.2, 0.25) is 0 Å². The first-order chi connectivity index (χ1) is 6.26. The third-order valence-corrected chi connectivity index (χ3v) is 2.36. The molecule has 0 spiro atoms. The van der Waals surface area contributed by atoms with Gasteiger partial charge in [0, 0.05) is 5.54 Å². The number of hydrogen-bond acceptors (Lipinski definition) is 4. The number of aliphatic hydroxyl groups excluding tert-OH is 1. The Morgan fingerprint density at radius 2 is 2.07 bits per heavy atom. The van der Waals surface area contributed by atoms with Crippen LogP contribution in [0, 0.1) is 5.92 Å². The minimum absolute atomic E-state index is 0.0632. The SMILES string of the molecule is CC(C)(C)OC(=O)[C@H]1C[C@](N)(CO)C1. The molecule has 4 heteroatoms. The van der Waals surface area contributed by atoms with Gasteiger partial charge in [-0.2, -0.15) is 0 Å². The molecule has 1 aliphatic rings. The van der Waals surface area contributed by atoms with Crippen molar-refractivity contribution < 1.29 is 14.6 Å². The van der Waals surface area contributed by atoms with Crippen LogP contribution in [0.3, 0.4) is 0 Å². The van der Waals surface area contributed by atoms with Gasteiger partial charge in [-0.3, -0.25) is 4.79 Å². The molecule has 4 nitrogen and oxygen atoms in total. The van der Waals surface area contributed by atoms with E-state index in [-0.39, 0.29) is 18.5 Å². The first-order valence-electron chi connectivity index (χ1n) is 4.88. The second kappa shape index (κ2) is 3.51. The van der Waals surface area contributed by atoms with E-state index in [1.165, 1.54) is 0 Å². The van der Waals surface area contributed by atoms with E-state index < -0.39 is 11.1 Å². The maximum absolute atomic E-state index is 11.5. The van der Waals surface area contributed by atoms with Gasteiger partial charge in [0.15, 0.2) is 0 Å². The average molecular weight is 201 g/mol. The van der Waals surface area contributed by atoms with Crippen LogP contribution in [-0.2, 0) is 9.53 Å². The molecule has 0 unspecified atom stereocenters. The van der Waals surface area contributed by atoms with Crippen molar-refractivity contribution in [1.29, 1.82) is 0 Å². The largest absolute Gasteiger partial charge is 0.460 e. The lowest BCUT2D eigenvalue weighted by Crippen LogP contribution is -2.57. The van der Waals surface area contributed by atoms with Gasteiger partial charge in [-0.05, 0) is 33.6 Å². The summed E-state index contributed by atoms with van der Waals surface area (Å²) in [7, 11) is 0. The molecule has 1 rings (SSSR count). The van der Waals surface area contributed by atoms with Crippen molar-refractivity contribution in [2.24, 2.45) is 11.7 Å². The Labute approximate surface area is 84.4 Å². The molecule has 1 aliphatic carbocycles. The highest BCUT2D eigenvalue weighted by Gasteiger charge is 2.45. The molecule has 0 heterocycles. The van der Waals surface area contributed by atoms with Crippen molar-refractivity contribution >= 4 is 5.97 Å². The highest BCUT2D eigenvalue weighted by atomic mass is 16.6. The molecule has 0 saturated heterocycles. The van der Waals surface area contributed by atoms with Crippen LogP contribution in [0.25, 0.3) is 0 Å². The summed E-state index contributed by atoms with van der Waals surface area (Å²) in [5.74, 6) is -0.335. The van der Waals surface area contributed by atoms with Gasteiger partial charge in [-0.15, -0.1) is 0 Å². The number of rotatable bonds is 2. The van der Waals surface area contributed by atoms with Crippen LogP contribution in [-0.4, -0.2) is 28.8 Å². The average Bonchev–Trinajstić information content (AvgIpc) is 1.95. The van der Waals surface area contributed by atoms with Crippen molar-refractivity contribution in [1.82, 2.24) is 0 Å². The Morgan fingerprint density at radius 3 is 2.43 bits per heavy atom. The molecule has 3 N–H and O–H groups in total. The Morgan fingerprint density at radius 1 is 1.57 bits per heavy atom. The van der Waals surface area contributed by atoms with Crippen LogP contribution in [0.2, 0.25) is 0 Å². The predicted molar refractivity (Wildman–Crippen MR) is 52.6 cm³/mol. The zero-order valence-corrected chi connectivity index (χ0v) is 9.04. The second-order valence-electron chi connectivity index (χ2n) is 5.16. The number of carbonyl (C=O) groups is 1. The normalized spacial score (nSPS) is 32.2. The fourth-order valence-corrected chi connectivity index (χ4v) is 1.60. The fourth-order valence-electron chi connectivity index (χ4n) is 1.60. The van der Waals surface area contributed by atoms with Gasteiger partial charge in [-0.1, -0.05) is 0 Å². The topological polar surface area (TPSA) is 72.5 Å². The molecule has 0 atom stereocenters. The molecule has 1 fully saturated rings. The molecule has 0 aromatic rings. The highest BCUT2D eigenvalue weighted by molar-refractivity contribution is 5.74. The van der Waals surface area contributed by atoms with E-state index in [9.17, 15) is 4.79 Å². The van der Waals surface area contributed by atoms with Crippen LogP contribution in [0.5, 0.6) is 0 Å². The second-order valence-corrected chi connectivity index (χ2v) is 5.16.